The van der Waals surface area contributed by atoms with E-state index in [0.29, 0.717) is 28.2 Å². The summed E-state index contributed by atoms with van der Waals surface area (Å²) in [6, 6.07) is 6.08. The molecule has 2 fully saturated rings. The maximum Gasteiger partial charge on any atom is 0.235 e. The van der Waals surface area contributed by atoms with Crippen LogP contribution in [0.4, 0.5) is 0 Å². The van der Waals surface area contributed by atoms with Crippen molar-refractivity contribution in [2.24, 2.45) is 29.4 Å². The summed E-state index contributed by atoms with van der Waals surface area (Å²) in [5.41, 5.74) is 4.39. The van der Waals surface area contributed by atoms with Crippen LogP contribution >= 0.6 is 0 Å². The van der Waals surface area contributed by atoms with Crippen LogP contribution in [0, 0.1) is 23.7 Å². The Kier molecular flexibility index (Phi) is 6.38. The molecule has 2 aromatic rings. The van der Waals surface area contributed by atoms with E-state index < -0.39 is 69.8 Å². The van der Waals surface area contributed by atoms with Gasteiger partial charge in [0.05, 0.1) is 17.5 Å². The molecule has 2 unspecified atom stereocenters. The smallest absolute Gasteiger partial charge is 0.235 e. The van der Waals surface area contributed by atoms with E-state index in [1.54, 1.807) is 26.2 Å². The van der Waals surface area contributed by atoms with Crippen LogP contribution in [0.3, 0.4) is 0 Å². The zero-order valence-electron chi connectivity index (χ0n) is 24.6. The quantitative estimate of drug-likeness (QED) is 0.445. The lowest BCUT2D eigenvalue weighted by Crippen LogP contribution is -2.74. The van der Waals surface area contributed by atoms with Crippen molar-refractivity contribution in [1.29, 1.82) is 0 Å². The summed E-state index contributed by atoms with van der Waals surface area (Å²) in [5.74, 6) is -9.61. The monoisotopic (exact) mass is 590 g/mol. The van der Waals surface area contributed by atoms with Gasteiger partial charge in [-0.3, -0.25) is 28.9 Å². The highest BCUT2D eigenvalue weighted by Gasteiger charge is 2.69. The molecule has 1 aliphatic heterocycles. The molecule has 43 heavy (non-hydrogen) atoms. The molecule has 1 amide bonds. The standard InChI is InChI=1S/C32H34N2O9/c1-31(2,3)18-11-15(13-6-7-19-20(10-13)43-12-42-19)16-8-14-9-17-24(34(4)5)27(37)23(30(33)40)29(39)32(17,41)28(38)21(14)26(36)22(16)25(18)35/h6-7,10-11,14,17,21,23-24,35,41H,8-9,12H2,1-5H3,(H2,33,40)/t14-,17-,21?,23?,24-,32-/m0/s1. The molecule has 6 rings (SSSR count). The third-order valence-corrected chi connectivity index (χ3v) is 9.55. The van der Waals surface area contributed by atoms with E-state index >= 15 is 0 Å². The van der Waals surface area contributed by atoms with Crippen LogP contribution in [0.25, 0.3) is 11.1 Å². The fourth-order valence-electron chi connectivity index (χ4n) is 7.57. The van der Waals surface area contributed by atoms with Gasteiger partial charge in [-0.25, -0.2) is 0 Å². The summed E-state index contributed by atoms with van der Waals surface area (Å²) >= 11 is 0. The van der Waals surface area contributed by atoms with Crippen LogP contribution < -0.4 is 15.2 Å². The van der Waals surface area contributed by atoms with E-state index in [1.807, 2.05) is 32.9 Å². The van der Waals surface area contributed by atoms with Crippen molar-refractivity contribution in [2.45, 2.75) is 50.7 Å². The number of carbonyl (C=O) groups is 5. The number of nitrogens with zero attached hydrogens (tertiary/aromatic N) is 1. The first kappa shape index (κ1) is 29.0. The second kappa shape index (κ2) is 9.45. The van der Waals surface area contributed by atoms with Crippen molar-refractivity contribution in [3.05, 3.63) is 41.0 Å². The highest BCUT2D eigenvalue weighted by atomic mass is 16.7. The zero-order valence-corrected chi connectivity index (χ0v) is 24.6. The number of fused-ring (bicyclic) bond motifs is 4. The Labute approximate surface area is 247 Å². The molecule has 4 aliphatic rings. The molecule has 226 valence electrons. The number of hydrogen-bond acceptors (Lipinski definition) is 10. The zero-order chi connectivity index (χ0) is 31.3. The van der Waals surface area contributed by atoms with E-state index in [2.05, 4.69) is 0 Å². The van der Waals surface area contributed by atoms with Gasteiger partial charge in [-0.15, -0.1) is 0 Å². The number of Topliss-reactive ketones (excluding diaryl/α,β-unsaturated/α-hetero) is 4. The fraction of sp³-hybridized carbons (Fsp3) is 0.469. The van der Waals surface area contributed by atoms with E-state index in [1.165, 1.54) is 4.90 Å². The molecule has 0 saturated heterocycles. The summed E-state index contributed by atoms with van der Waals surface area (Å²) < 4.78 is 11.0. The van der Waals surface area contributed by atoms with Gasteiger partial charge in [0.2, 0.25) is 12.7 Å². The lowest BCUT2D eigenvalue weighted by molar-refractivity contribution is -0.181. The van der Waals surface area contributed by atoms with Gasteiger partial charge < -0.3 is 25.4 Å². The fourth-order valence-corrected chi connectivity index (χ4v) is 7.57. The summed E-state index contributed by atoms with van der Waals surface area (Å²) in [4.78, 5) is 69.1. The van der Waals surface area contributed by atoms with Crippen molar-refractivity contribution in [3.63, 3.8) is 0 Å². The Bertz CT molecular complexity index is 1640. The summed E-state index contributed by atoms with van der Waals surface area (Å²) in [5, 5.41) is 23.4. The highest BCUT2D eigenvalue weighted by molar-refractivity contribution is 6.32. The minimum atomic E-state index is -2.77. The van der Waals surface area contributed by atoms with Crippen LogP contribution in [0.5, 0.6) is 17.2 Å². The molecule has 3 aliphatic carbocycles. The van der Waals surface area contributed by atoms with Gasteiger partial charge in [-0.2, -0.15) is 0 Å². The van der Waals surface area contributed by atoms with Crippen molar-refractivity contribution in [2.75, 3.05) is 20.9 Å². The SMILES string of the molecule is CN(C)[C@@H]1C(=O)C(C(N)=O)C(=O)[C@@]2(O)C(=O)C3C(=O)c4c(O)c(C(C)(C)C)cc(-c5ccc6c(c5)OCO6)c4C[C@H]3C[C@@H]12. The Hall–Kier alpha value is -4.09. The molecule has 0 spiro atoms. The van der Waals surface area contributed by atoms with Crippen LogP contribution in [-0.2, 0) is 31.0 Å². The topological polar surface area (TPSA) is 174 Å². The number of carbonyl (C=O) groups excluding carboxylic acids is 5. The van der Waals surface area contributed by atoms with Gasteiger partial charge >= 0.3 is 0 Å². The Morgan fingerprint density at radius 1 is 1.05 bits per heavy atom. The molecule has 6 atom stereocenters. The number of rotatable bonds is 3. The molecule has 0 radical (unpaired) electrons. The molecule has 0 aromatic heterocycles. The Morgan fingerprint density at radius 2 is 1.72 bits per heavy atom. The van der Waals surface area contributed by atoms with E-state index in [9.17, 15) is 34.2 Å². The predicted molar refractivity (Wildman–Crippen MR) is 152 cm³/mol. The summed E-state index contributed by atoms with van der Waals surface area (Å²) in [6.45, 7) is 5.73. The van der Waals surface area contributed by atoms with E-state index in [-0.39, 0.29) is 30.9 Å². The lowest BCUT2D eigenvalue weighted by atomic mass is 9.52. The normalized spacial score (nSPS) is 29.8. The van der Waals surface area contributed by atoms with Gasteiger partial charge in [0.1, 0.15) is 5.75 Å². The number of ketones is 4. The van der Waals surface area contributed by atoms with Gasteiger partial charge in [0.25, 0.3) is 0 Å². The van der Waals surface area contributed by atoms with Crippen LogP contribution in [0.2, 0.25) is 0 Å². The molecule has 11 nitrogen and oxygen atoms in total. The number of amides is 1. The minimum absolute atomic E-state index is 0.0216. The number of primary amides is 1. The molecular weight excluding hydrogens is 556 g/mol. The van der Waals surface area contributed by atoms with Gasteiger partial charge in [0, 0.05) is 11.5 Å². The Morgan fingerprint density at radius 3 is 2.35 bits per heavy atom. The third-order valence-electron chi connectivity index (χ3n) is 9.55. The van der Waals surface area contributed by atoms with Crippen molar-refractivity contribution < 1.29 is 43.7 Å². The third kappa shape index (κ3) is 3.97. The predicted octanol–water partition coefficient (Wildman–Crippen LogP) is 1.56. The van der Waals surface area contributed by atoms with Crippen LogP contribution in [0.1, 0.15) is 48.7 Å². The maximum atomic E-state index is 14.3. The molecule has 4 N–H and O–H groups in total. The number of phenolic OH excluding ortho intramolecular Hbond substituents is 1. The number of nitrogens with two attached hydrogens (primary N) is 1. The lowest BCUT2D eigenvalue weighted by Gasteiger charge is -2.52. The number of ether oxygens (including phenoxy) is 2. The van der Waals surface area contributed by atoms with Gasteiger partial charge in [-0.1, -0.05) is 26.8 Å². The van der Waals surface area contributed by atoms with Gasteiger partial charge in [-0.05, 0) is 73.2 Å². The highest BCUT2D eigenvalue weighted by Crippen LogP contribution is 2.53. The number of aliphatic hydroxyl groups is 1. The van der Waals surface area contributed by atoms with Crippen LogP contribution in [-0.4, -0.2) is 76.7 Å². The summed E-state index contributed by atoms with van der Waals surface area (Å²) in [7, 11) is 3.11. The number of aromatic hydroxyl groups is 1. The largest absolute Gasteiger partial charge is 0.507 e. The average molecular weight is 591 g/mol. The number of phenols is 1. The first-order valence-electron chi connectivity index (χ1n) is 14.2. The first-order chi connectivity index (χ1) is 20.1. The molecule has 2 saturated carbocycles. The number of benzene rings is 2. The van der Waals surface area contributed by atoms with Gasteiger partial charge in [0.15, 0.2) is 46.2 Å². The summed E-state index contributed by atoms with van der Waals surface area (Å²) in [6.07, 6.45) is 0.139. The number of likely N-dealkylation sites (N-methyl/N-ethyl adjacent to an activating group) is 1. The molecule has 1 heterocycles. The van der Waals surface area contributed by atoms with E-state index in [4.69, 9.17) is 15.2 Å². The van der Waals surface area contributed by atoms with E-state index in [0.717, 1.165) is 5.56 Å². The molecule has 2 aromatic carbocycles. The Balaban J connectivity index is 1.54. The molecule has 11 heteroatoms. The van der Waals surface area contributed by atoms with Crippen LogP contribution in [0.15, 0.2) is 24.3 Å². The van der Waals surface area contributed by atoms with Crippen molar-refractivity contribution in [1.82, 2.24) is 4.90 Å². The first-order valence-corrected chi connectivity index (χ1v) is 14.2. The molecule has 0 bridgehead atoms. The van der Waals surface area contributed by atoms with Crippen molar-refractivity contribution >= 4 is 29.0 Å². The number of hydrogen-bond donors (Lipinski definition) is 3. The minimum Gasteiger partial charge on any atom is -0.507 e. The molecular formula is C32H34N2O9. The average Bonchev–Trinajstić information content (AvgIpc) is 3.38. The maximum absolute atomic E-state index is 14.3. The second-order valence-corrected chi connectivity index (χ2v) is 13.3. The second-order valence-electron chi connectivity index (χ2n) is 13.3. The van der Waals surface area contributed by atoms with Crippen molar-refractivity contribution in [3.8, 4) is 28.4 Å².